The Bertz CT molecular complexity index is 1190. The molecule has 1 fully saturated rings. The van der Waals surface area contributed by atoms with Crippen molar-refractivity contribution in [3.05, 3.63) is 78.6 Å². The lowest BCUT2D eigenvalue weighted by molar-refractivity contribution is -0.117. The Hall–Kier alpha value is -3.80. The zero-order valence-electron chi connectivity index (χ0n) is 16.4. The first-order chi connectivity index (χ1) is 14.8. The van der Waals surface area contributed by atoms with Crippen molar-refractivity contribution >= 4 is 28.3 Å². The van der Waals surface area contributed by atoms with Crippen LogP contribution in [-0.2, 0) is 11.3 Å². The predicted molar refractivity (Wildman–Crippen MR) is 118 cm³/mol. The first-order valence-corrected chi connectivity index (χ1v) is 10.1. The number of aromatic nitrogens is 3. The van der Waals surface area contributed by atoms with E-state index in [2.05, 4.69) is 15.6 Å². The molecule has 2 N–H and O–H groups in total. The first kappa shape index (κ1) is 18.2. The average molecular weight is 395 g/mol. The molecular formula is C24H21N5O. The van der Waals surface area contributed by atoms with Gasteiger partial charge in [-0.15, -0.1) is 0 Å². The second-order valence-corrected chi connectivity index (χ2v) is 7.46. The van der Waals surface area contributed by atoms with Crippen molar-refractivity contribution in [2.24, 2.45) is 5.92 Å². The van der Waals surface area contributed by atoms with Gasteiger partial charge in [-0.25, -0.2) is 9.97 Å². The van der Waals surface area contributed by atoms with Gasteiger partial charge in [0, 0.05) is 41.5 Å². The minimum Gasteiger partial charge on any atom is -0.365 e. The maximum atomic E-state index is 11.9. The number of carbonyl (C=O) groups is 1. The summed E-state index contributed by atoms with van der Waals surface area (Å²) in [5, 5.41) is 7.39. The second-order valence-electron chi connectivity index (χ2n) is 7.46. The number of anilines is 2. The molecule has 0 unspecified atom stereocenters. The van der Waals surface area contributed by atoms with Crippen molar-refractivity contribution in [1.82, 2.24) is 15.0 Å². The molecule has 1 aliphatic carbocycles. The molecule has 6 heteroatoms. The molecule has 0 spiro atoms. The fourth-order valence-corrected chi connectivity index (χ4v) is 3.32. The van der Waals surface area contributed by atoms with Gasteiger partial charge in [0.05, 0.1) is 5.52 Å². The molecule has 4 aromatic rings. The van der Waals surface area contributed by atoms with Gasteiger partial charge in [-0.1, -0.05) is 24.3 Å². The van der Waals surface area contributed by atoms with E-state index in [1.165, 1.54) is 0 Å². The number of hydrogen-bond donors (Lipinski definition) is 2. The molecule has 1 amide bonds. The highest BCUT2D eigenvalue weighted by atomic mass is 16.2. The quantitative estimate of drug-likeness (QED) is 0.497. The van der Waals surface area contributed by atoms with Crippen molar-refractivity contribution in [1.29, 1.82) is 0 Å². The van der Waals surface area contributed by atoms with Gasteiger partial charge >= 0.3 is 0 Å². The Balaban J connectivity index is 1.36. The van der Waals surface area contributed by atoms with E-state index < -0.39 is 0 Å². The highest BCUT2D eigenvalue weighted by Gasteiger charge is 2.29. The number of nitrogens with one attached hydrogen (secondary N) is 2. The number of amides is 1. The van der Waals surface area contributed by atoms with Crippen molar-refractivity contribution in [2.45, 2.75) is 19.4 Å². The Morgan fingerprint density at radius 3 is 2.47 bits per heavy atom. The van der Waals surface area contributed by atoms with Gasteiger partial charge < -0.3 is 10.6 Å². The van der Waals surface area contributed by atoms with Gasteiger partial charge in [0.1, 0.15) is 5.82 Å². The van der Waals surface area contributed by atoms with Gasteiger partial charge in [0.25, 0.3) is 0 Å². The van der Waals surface area contributed by atoms with Crippen LogP contribution in [0.15, 0.2) is 73.1 Å². The Morgan fingerprint density at radius 2 is 1.70 bits per heavy atom. The number of hydrogen-bond acceptors (Lipinski definition) is 5. The summed E-state index contributed by atoms with van der Waals surface area (Å²) < 4.78 is 0. The third-order valence-electron chi connectivity index (χ3n) is 5.17. The summed E-state index contributed by atoms with van der Waals surface area (Å²) in [4.78, 5) is 25.4. The van der Waals surface area contributed by atoms with Crippen LogP contribution in [0, 0.1) is 5.92 Å². The van der Waals surface area contributed by atoms with Gasteiger partial charge in [0.15, 0.2) is 5.82 Å². The Labute approximate surface area is 174 Å². The number of rotatable bonds is 6. The maximum Gasteiger partial charge on any atom is 0.227 e. The van der Waals surface area contributed by atoms with E-state index in [1.807, 2.05) is 60.7 Å². The van der Waals surface area contributed by atoms with Crippen LogP contribution in [0.5, 0.6) is 0 Å². The van der Waals surface area contributed by atoms with Gasteiger partial charge in [-0.3, -0.25) is 9.78 Å². The minimum absolute atomic E-state index is 0.122. The van der Waals surface area contributed by atoms with Crippen LogP contribution in [0.1, 0.15) is 18.4 Å². The van der Waals surface area contributed by atoms with E-state index in [4.69, 9.17) is 9.97 Å². The van der Waals surface area contributed by atoms with Crippen molar-refractivity contribution in [3.63, 3.8) is 0 Å². The first-order valence-electron chi connectivity index (χ1n) is 10.1. The normalized spacial score (nSPS) is 13.2. The molecule has 0 radical (unpaired) electrons. The number of benzene rings is 2. The molecular weight excluding hydrogens is 374 g/mol. The molecule has 1 aliphatic rings. The van der Waals surface area contributed by atoms with Crippen LogP contribution in [0.4, 0.5) is 11.5 Å². The second kappa shape index (κ2) is 7.91. The van der Waals surface area contributed by atoms with Crippen LogP contribution in [0.2, 0.25) is 0 Å². The summed E-state index contributed by atoms with van der Waals surface area (Å²) in [5.41, 5.74) is 3.75. The molecule has 0 atom stereocenters. The number of pyridine rings is 1. The lowest BCUT2D eigenvalue weighted by Crippen LogP contribution is -2.13. The highest BCUT2D eigenvalue weighted by molar-refractivity contribution is 5.94. The summed E-state index contributed by atoms with van der Waals surface area (Å²) in [6.07, 6.45) is 5.49. The van der Waals surface area contributed by atoms with E-state index in [1.54, 1.807) is 12.4 Å². The highest BCUT2D eigenvalue weighted by Crippen LogP contribution is 2.30. The zero-order chi connectivity index (χ0) is 20.3. The maximum absolute atomic E-state index is 11.9. The minimum atomic E-state index is 0.122. The fraction of sp³-hybridized carbons (Fsp3) is 0.167. The zero-order valence-corrected chi connectivity index (χ0v) is 16.4. The van der Waals surface area contributed by atoms with Gasteiger partial charge in [-0.2, -0.15) is 0 Å². The van der Waals surface area contributed by atoms with Gasteiger partial charge in [0.2, 0.25) is 5.91 Å². The SMILES string of the molecule is O=C(Nc1ccc(CNc2nc(-c3ccncc3)nc3ccccc23)cc1)C1CC1. The molecule has 30 heavy (non-hydrogen) atoms. The molecule has 0 aliphatic heterocycles. The molecule has 0 bridgehead atoms. The largest absolute Gasteiger partial charge is 0.365 e. The molecule has 6 nitrogen and oxygen atoms in total. The van der Waals surface area contributed by atoms with Crippen LogP contribution in [0.25, 0.3) is 22.3 Å². The molecule has 2 aromatic heterocycles. The van der Waals surface area contributed by atoms with Gasteiger partial charge in [-0.05, 0) is 54.8 Å². The molecule has 0 saturated heterocycles. The summed E-state index contributed by atoms with van der Waals surface area (Å²) in [6.45, 7) is 0.619. The van der Waals surface area contributed by atoms with Crippen LogP contribution in [-0.4, -0.2) is 20.9 Å². The van der Waals surface area contributed by atoms with E-state index in [9.17, 15) is 4.79 Å². The number of nitrogens with zero attached hydrogens (tertiary/aromatic N) is 3. The van der Waals surface area contributed by atoms with Crippen LogP contribution < -0.4 is 10.6 Å². The molecule has 2 aromatic carbocycles. The summed E-state index contributed by atoms with van der Waals surface area (Å²) in [7, 11) is 0. The van der Waals surface area contributed by atoms with Crippen molar-refractivity contribution in [2.75, 3.05) is 10.6 Å². The number of carbonyl (C=O) groups excluding carboxylic acids is 1. The Morgan fingerprint density at radius 1 is 0.933 bits per heavy atom. The molecule has 1 saturated carbocycles. The summed E-state index contributed by atoms with van der Waals surface area (Å²) >= 11 is 0. The van der Waals surface area contributed by atoms with Crippen molar-refractivity contribution < 1.29 is 4.79 Å². The van der Waals surface area contributed by atoms with Crippen LogP contribution >= 0.6 is 0 Å². The smallest absolute Gasteiger partial charge is 0.227 e. The molecule has 5 rings (SSSR count). The summed E-state index contributed by atoms with van der Waals surface area (Å²) in [6, 6.07) is 19.7. The summed E-state index contributed by atoms with van der Waals surface area (Å²) in [5.74, 6) is 1.78. The third-order valence-corrected chi connectivity index (χ3v) is 5.17. The average Bonchev–Trinajstić information content (AvgIpc) is 3.64. The van der Waals surface area contributed by atoms with E-state index in [0.29, 0.717) is 12.4 Å². The molecule has 2 heterocycles. The van der Waals surface area contributed by atoms with E-state index in [0.717, 1.165) is 46.4 Å². The lowest BCUT2D eigenvalue weighted by atomic mass is 10.1. The molecule has 148 valence electrons. The number of fused-ring (bicyclic) bond motifs is 1. The fourth-order valence-electron chi connectivity index (χ4n) is 3.32. The Kier molecular flexibility index (Phi) is 4.81. The van der Waals surface area contributed by atoms with Crippen molar-refractivity contribution in [3.8, 4) is 11.4 Å². The lowest BCUT2D eigenvalue weighted by Gasteiger charge is -2.12. The monoisotopic (exact) mass is 395 g/mol. The van der Waals surface area contributed by atoms with E-state index in [-0.39, 0.29) is 11.8 Å². The standard InChI is InChI=1S/C24H21N5O/c30-24(18-7-8-18)27-19-9-5-16(6-10-19)15-26-23-20-3-1-2-4-21(20)28-22(29-23)17-11-13-25-14-12-17/h1-6,9-14,18H,7-8,15H2,(H,27,30)(H,26,28,29). The topological polar surface area (TPSA) is 79.8 Å². The van der Waals surface area contributed by atoms with Crippen LogP contribution in [0.3, 0.4) is 0 Å². The number of para-hydroxylation sites is 1. The predicted octanol–water partition coefficient (Wildman–Crippen LogP) is 4.65. The van der Waals surface area contributed by atoms with E-state index >= 15 is 0 Å². The third kappa shape index (κ3) is 3.98.